The Balaban J connectivity index is 1.89. The number of nitrogens with zero attached hydrogens (tertiary/aromatic N) is 2. The standard InChI is InChI=1S/C20H25N3O3S2/c1-6-23(7-2)16-8-9-17(13(3)10-16)22-28(24,25)20-12-19(27-15(20)5)18-11-14(4)21-26-18/h8-12,22H,6-7H2,1-5H3. The van der Waals surface area contributed by atoms with E-state index in [9.17, 15) is 8.42 Å². The zero-order valence-corrected chi connectivity index (χ0v) is 18.4. The van der Waals surface area contributed by atoms with Gasteiger partial charge in [0.1, 0.15) is 4.90 Å². The highest BCUT2D eigenvalue weighted by atomic mass is 32.2. The van der Waals surface area contributed by atoms with Crippen LogP contribution in [0.2, 0.25) is 0 Å². The summed E-state index contributed by atoms with van der Waals surface area (Å²) < 4.78 is 34.0. The summed E-state index contributed by atoms with van der Waals surface area (Å²) in [6.45, 7) is 11.5. The van der Waals surface area contributed by atoms with E-state index in [0.29, 0.717) is 16.3 Å². The third-order valence-corrected chi connectivity index (χ3v) is 7.30. The number of rotatable bonds is 7. The second kappa shape index (κ2) is 7.97. The van der Waals surface area contributed by atoms with Crippen molar-refractivity contribution >= 4 is 32.7 Å². The average Bonchev–Trinajstić information content (AvgIpc) is 3.24. The Labute approximate surface area is 170 Å². The van der Waals surface area contributed by atoms with Gasteiger partial charge >= 0.3 is 0 Å². The molecule has 3 aromatic rings. The third kappa shape index (κ3) is 4.07. The van der Waals surface area contributed by atoms with E-state index in [1.165, 1.54) is 11.3 Å². The van der Waals surface area contributed by atoms with Gasteiger partial charge in [0.05, 0.1) is 16.3 Å². The first-order chi connectivity index (χ1) is 13.2. The van der Waals surface area contributed by atoms with Gasteiger partial charge in [0.2, 0.25) is 0 Å². The number of hydrogen-bond acceptors (Lipinski definition) is 6. The van der Waals surface area contributed by atoms with Crippen LogP contribution in [0.5, 0.6) is 0 Å². The van der Waals surface area contributed by atoms with Crippen LogP contribution < -0.4 is 9.62 Å². The minimum Gasteiger partial charge on any atom is -0.372 e. The first kappa shape index (κ1) is 20.4. The molecule has 0 amide bonds. The van der Waals surface area contributed by atoms with Crippen LogP contribution in [-0.4, -0.2) is 26.7 Å². The van der Waals surface area contributed by atoms with Gasteiger partial charge in [-0.05, 0) is 64.4 Å². The van der Waals surface area contributed by atoms with Crippen molar-refractivity contribution in [3.63, 3.8) is 0 Å². The van der Waals surface area contributed by atoms with Gasteiger partial charge in [-0.15, -0.1) is 11.3 Å². The van der Waals surface area contributed by atoms with Crippen molar-refractivity contribution in [3.05, 3.63) is 46.5 Å². The van der Waals surface area contributed by atoms with Crippen LogP contribution in [-0.2, 0) is 10.0 Å². The highest BCUT2D eigenvalue weighted by molar-refractivity contribution is 7.93. The molecule has 2 aromatic heterocycles. The van der Waals surface area contributed by atoms with Gasteiger partial charge in [0, 0.05) is 29.7 Å². The molecule has 6 nitrogen and oxygen atoms in total. The number of aryl methyl sites for hydroxylation is 3. The molecule has 0 atom stereocenters. The zero-order valence-electron chi connectivity index (χ0n) is 16.7. The molecule has 0 fully saturated rings. The maximum atomic E-state index is 13.0. The Morgan fingerprint density at radius 1 is 1.11 bits per heavy atom. The first-order valence-corrected chi connectivity index (χ1v) is 11.5. The Morgan fingerprint density at radius 2 is 1.82 bits per heavy atom. The van der Waals surface area contributed by atoms with Crippen molar-refractivity contribution in [2.75, 3.05) is 22.7 Å². The highest BCUT2D eigenvalue weighted by Gasteiger charge is 2.22. The van der Waals surface area contributed by atoms with Gasteiger partial charge in [-0.1, -0.05) is 5.16 Å². The molecule has 0 saturated heterocycles. The summed E-state index contributed by atoms with van der Waals surface area (Å²) in [6.07, 6.45) is 0. The monoisotopic (exact) mass is 419 g/mol. The van der Waals surface area contributed by atoms with E-state index in [2.05, 4.69) is 28.6 Å². The van der Waals surface area contributed by atoms with E-state index >= 15 is 0 Å². The lowest BCUT2D eigenvalue weighted by molar-refractivity contribution is 0.428. The molecule has 0 spiro atoms. The molecule has 1 aromatic carbocycles. The van der Waals surface area contributed by atoms with E-state index in [-0.39, 0.29) is 4.90 Å². The molecule has 0 aliphatic rings. The summed E-state index contributed by atoms with van der Waals surface area (Å²) in [5.41, 5.74) is 3.30. The molecular weight excluding hydrogens is 394 g/mol. The highest BCUT2D eigenvalue weighted by Crippen LogP contribution is 2.35. The number of nitrogens with one attached hydrogen (secondary N) is 1. The average molecular weight is 420 g/mol. The van der Waals surface area contributed by atoms with E-state index in [1.54, 1.807) is 19.1 Å². The number of aromatic nitrogens is 1. The molecule has 0 bridgehead atoms. The topological polar surface area (TPSA) is 75.4 Å². The molecule has 1 N–H and O–H groups in total. The lowest BCUT2D eigenvalue weighted by Gasteiger charge is -2.22. The molecule has 28 heavy (non-hydrogen) atoms. The molecule has 2 heterocycles. The maximum Gasteiger partial charge on any atom is 0.263 e. The molecule has 150 valence electrons. The van der Waals surface area contributed by atoms with Crippen molar-refractivity contribution in [1.82, 2.24) is 5.16 Å². The molecule has 3 rings (SSSR count). The van der Waals surface area contributed by atoms with E-state index in [1.807, 2.05) is 32.0 Å². The van der Waals surface area contributed by atoms with Gasteiger partial charge in [-0.25, -0.2) is 8.42 Å². The summed E-state index contributed by atoms with van der Waals surface area (Å²) >= 11 is 1.38. The maximum absolute atomic E-state index is 13.0. The van der Waals surface area contributed by atoms with Crippen molar-refractivity contribution in [1.29, 1.82) is 0 Å². The fourth-order valence-electron chi connectivity index (χ4n) is 3.08. The number of anilines is 2. The second-order valence-corrected chi connectivity index (χ2v) is 9.55. The second-order valence-electron chi connectivity index (χ2n) is 6.64. The van der Waals surface area contributed by atoms with Crippen LogP contribution in [0.15, 0.2) is 39.8 Å². The van der Waals surface area contributed by atoms with E-state index < -0.39 is 10.0 Å². The summed E-state index contributed by atoms with van der Waals surface area (Å²) in [4.78, 5) is 3.93. The molecule has 8 heteroatoms. The van der Waals surface area contributed by atoms with Gasteiger partial charge in [0.15, 0.2) is 5.76 Å². The quantitative estimate of drug-likeness (QED) is 0.585. The van der Waals surface area contributed by atoms with E-state index in [4.69, 9.17) is 4.52 Å². The normalized spacial score (nSPS) is 11.6. The predicted octanol–water partition coefficient (Wildman–Crippen LogP) is 4.98. The lowest BCUT2D eigenvalue weighted by atomic mass is 10.1. The Hall–Kier alpha value is -2.32. The van der Waals surface area contributed by atoms with Gasteiger partial charge in [0.25, 0.3) is 10.0 Å². The Bertz CT molecular complexity index is 1080. The summed E-state index contributed by atoms with van der Waals surface area (Å²) in [7, 11) is -3.71. The Kier molecular flexibility index (Phi) is 5.81. The van der Waals surface area contributed by atoms with Crippen LogP contribution in [0.4, 0.5) is 11.4 Å². The Morgan fingerprint density at radius 3 is 2.39 bits per heavy atom. The number of benzene rings is 1. The summed E-state index contributed by atoms with van der Waals surface area (Å²) in [5, 5.41) is 3.87. The van der Waals surface area contributed by atoms with Crippen molar-refractivity contribution < 1.29 is 12.9 Å². The molecule has 0 unspecified atom stereocenters. The van der Waals surface area contributed by atoms with Crippen LogP contribution in [0, 0.1) is 20.8 Å². The minimum atomic E-state index is -3.71. The predicted molar refractivity (Wildman–Crippen MR) is 115 cm³/mol. The first-order valence-electron chi connectivity index (χ1n) is 9.17. The van der Waals surface area contributed by atoms with Crippen molar-refractivity contribution in [2.45, 2.75) is 39.5 Å². The van der Waals surface area contributed by atoms with Crippen LogP contribution >= 0.6 is 11.3 Å². The number of thiophene rings is 1. The SMILES string of the molecule is CCN(CC)c1ccc(NS(=O)(=O)c2cc(-c3cc(C)no3)sc2C)c(C)c1. The van der Waals surface area contributed by atoms with Crippen molar-refractivity contribution in [2.24, 2.45) is 0 Å². The molecule has 0 radical (unpaired) electrons. The lowest BCUT2D eigenvalue weighted by Crippen LogP contribution is -2.22. The van der Waals surface area contributed by atoms with Gasteiger partial charge in [-0.2, -0.15) is 0 Å². The summed E-state index contributed by atoms with van der Waals surface area (Å²) in [5.74, 6) is 0.576. The number of sulfonamides is 1. The van der Waals surface area contributed by atoms with Crippen LogP contribution in [0.25, 0.3) is 10.6 Å². The van der Waals surface area contributed by atoms with Gasteiger partial charge in [-0.3, -0.25) is 4.72 Å². The molecule has 0 aliphatic carbocycles. The summed E-state index contributed by atoms with van der Waals surface area (Å²) in [6, 6.07) is 9.21. The van der Waals surface area contributed by atoms with E-state index in [0.717, 1.165) is 34.9 Å². The smallest absolute Gasteiger partial charge is 0.263 e. The minimum absolute atomic E-state index is 0.258. The fraction of sp³-hybridized carbons (Fsp3) is 0.350. The van der Waals surface area contributed by atoms with Crippen LogP contribution in [0.1, 0.15) is 30.0 Å². The number of hydrogen-bond donors (Lipinski definition) is 1. The zero-order chi connectivity index (χ0) is 20.5. The van der Waals surface area contributed by atoms with Gasteiger partial charge < -0.3 is 9.42 Å². The van der Waals surface area contributed by atoms with Crippen LogP contribution in [0.3, 0.4) is 0 Å². The fourth-order valence-corrected chi connectivity index (χ4v) is 5.75. The third-order valence-electron chi connectivity index (χ3n) is 4.62. The molecule has 0 aliphatic heterocycles. The molecular formula is C20H25N3O3S2. The van der Waals surface area contributed by atoms with Crippen molar-refractivity contribution in [3.8, 4) is 10.6 Å². The molecule has 0 saturated carbocycles. The largest absolute Gasteiger partial charge is 0.372 e.